The molecule has 9 heteroatoms. The van der Waals surface area contributed by atoms with E-state index in [9.17, 15) is 13.2 Å². The van der Waals surface area contributed by atoms with Gasteiger partial charge in [0.1, 0.15) is 0 Å². The predicted molar refractivity (Wildman–Crippen MR) is 134 cm³/mol. The van der Waals surface area contributed by atoms with Gasteiger partial charge in [-0.05, 0) is 55.3 Å². The minimum Gasteiger partial charge on any atom is -0.337 e. The fourth-order valence-corrected chi connectivity index (χ4v) is 4.50. The van der Waals surface area contributed by atoms with Crippen LogP contribution in [0.25, 0.3) is 11.6 Å². The molecule has 2 heterocycles. The number of thiazole rings is 1. The number of allylic oxidation sites excluding steroid dienone is 3. The first kappa shape index (κ1) is 24.3. The van der Waals surface area contributed by atoms with E-state index in [0.29, 0.717) is 18.1 Å². The van der Waals surface area contributed by atoms with Gasteiger partial charge in [-0.25, -0.2) is 18.2 Å². The zero-order chi connectivity index (χ0) is 23.8. The third-order valence-corrected chi connectivity index (χ3v) is 6.79. The highest BCUT2D eigenvalue weighted by molar-refractivity contribution is 7.90. The number of hydrogen-bond acceptors (Lipinski definition) is 6. The van der Waals surface area contributed by atoms with Gasteiger partial charge in [0.05, 0.1) is 10.6 Å². The van der Waals surface area contributed by atoms with Crippen molar-refractivity contribution in [3.05, 3.63) is 82.6 Å². The molecule has 3 rings (SSSR count). The van der Waals surface area contributed by atoms with E-state index in [1.54, 1.807) is 24.4 Å². The summed E-state index contributed by atoms with van der Waals surface area (Å²) in [5.74, 6) is 0. The van der Waals surface area contributed by atoms with E-state index in [1.807, 2.05) is 56.3 Å². The first-order valence-corrected chi connectivity index (χ1v) is 13.0. The molecule has 0 saturated heterocycles. The van der Waals surface area contributed by atoms with E-state index in [-0.39, 0.29) is 10.9 Å². The average molecular weight is 483 g/mol. The second-order valence-electron chi connectivity index (χ2n) is 7.29. The highest BCUT2D eigenvalue weighted by atomic mass is 32.2. The van der Waals surface area contributed by atoms with E-state index in [0.717, 1.165) is 27.4 Å². The zero-order valence-corrected chi connectivity index (χ0v) is 20.3. The van der Waals surface area contributed by atoms with E-state index in [2.05, 4.69) is 20.6 Å². The monoisotopic (exact) mass is 482 g/mol. The first-order chi connectivity index (χ1) is 15.8. The van der Waals surface area contributed by atoms with Gasteiger partial charge in [-0.2, -0.15) is 0 Å². The fourth-order valence-electron chi connectivity index (χ4n) is 3.04. The molecule has 0 fully saturated rings. The summed E-state index contributed by atoms with van der Waals surface area (Å²) in [6.07, 6.45) is 9.22. The van der Waals surface area contributed by atoms with E-state index in [1.165, 1.54) is 17.6 Å². The number of hydrogen-bond donors (Lipinski definition) is 2. The molecule has 2 aromatic heterocycles. The first-order valence-electron chi connectivity index (χ1n) is 10.3. The molecule has 2 amide bonds. The molecule has 0 aliphatic heterocycles. The summed E-state index contributed by atoms with van der Waals surface area (Å²) in [5, 5.41) is 6.08. The molecule has 172 valence electrons. The number of sulfone groups is 1. The Labute approximate surface area is 198 Å². The van der Waals surface area contributed by atoms with E-state index < -0.39 is 9.84 Å². The van der Waals surface area contributed by atoms with Crippen LogP contribution in [0.2, 0.25) is 0 Å². The van der Waals surface area contributed by atoms with Crippen molar-refractivity contribution >= 4 is 44.0 Å². The number of nitrogens with one attached hydrogen (secondary N) is 2. The molecule has 0 radical (unpaired) electrons. The van der Waals surface area contributed by atoms with Crippen LogP contribution in [0.3, 0.4) is 0 Å². The zero-order valence-electron chi connectivity index (χ0n) is 18.7. The Balaban J connectivity index is 1.63. The van der Waals surface area contributed by atoms with Crippen molar-refractivity contribution in [1.82, 2.24) is 15.3 Å². The van der Waals surface area contributed by atoms with Crippen molar-refractivity contribution in [3.63, 3.8) is 0 Å². The number of aromatic nitrogens is 2. The van der Waals surface area contributed by atoms with Crippen LogP contribution < -0.4 is 10.6 Å². The Hall–Kier alpha value is -3.30. The summed E-state index contributed by atoms with van der Waals surface area (Å²) in [5.41, 5.74) is 3.32. The summed E-state index contributed by atoms with van der Waals surface area (Å²) >= 11 is 1.39. The Bertz CT molecular complexity index is 1280. The molecule has 0 aliphatic rings. The van der Waals surface area contributed by atoms with Gasteiger partial charge in [-0.15, -0.1) is 11.3 Å². The number of anilines is 1. The van der Waals surface area contributed by atoms with Gasteiger partial charge in [0.2, 0.25) is 0 Å². The maximum atomic E-state index is 12.2. The Morgan fingerprint density at radius 2 is 2.00 bits per heavy atom. The van der Waals surface area contributed by atoms with Gasteiger partial charge in [0, 0.05) is 36.0 Å². The Kier molecular flexibility index (Phi) is 8.13. The third kappa shape index (κ3) is 7.10. The summed E-state index contributed by atoms with van der Waals surface area (Å²) in [6.45, 7) is 4.29. The number of carbonyl (C=O) groups excluding carboxylic acids is 1. The summed E-state index contributed by atoms with van der Waals surface area (Å²) in [4.78, 5) is 22.1. The molecule has 0 aliphatic carbocycles. The van der Waals surface area contributed by atoms with Crippen LogP contribution >= 0.6 is 11.3 Å². The molecule has 33 heavy (non-hydrogen) atoms. The Morgan fingerprint density at radius 3 is 2.70 bits per heavy atom. The van der Waals surface area contributed by atoms with Crippen molar-refractivity contribution in [1.29, 1.82) is 0 Å². The summed E-state index contributed by atoms with van der Waals surface area (Å²) in [6, 6.07) is 12.2. The number of rotatable bonds is 8. The number of carbonyl (C=O) groups is 1. The molecule has 0 bridgehead atoms. The smallest absolute Gasteiger partial charge is 0.321 e. The van der Waals surface area contributed by atoms with Crippen molar-refractivity contribution in [2.45, 2.75) is 25.2 Å². The molecule has 2 N–H and O–H groups in total. The van der Waals surface area contributed by atoms with Crippen molar-refractivity contribution in [2.75, 3.05) is 18.1 Å². The molecule has 0 atom stereocenters. The van der Waals surface area contributed by atoms with Crippen LogP contribution in [0.15, 0.2) is 65.7 Å². The maximum Gasteiger partial charge on any atom is 0.321 e. The number of amides is 2. The fraction of sp³-hybridized carbons (Fsp3) is 0.208. The lowest BCUT2D eigenvalue weighted by Gasteiger charge is -2.05. The van der Waals surface area contributed by atoms with Gasteiger partial charge in [0.15, 0.2) is 15.0 Å². The molecular weight excluding hydrogens is 456 g/mol. The van der Waals surface area contributed by atoms with Crippen molar-refractivity contribution < 1.29 is 13.2 Å². The van der Waals surface area contributed by atoms with Crippen LogP contribution in [-0.4, -0.2) is 37.2 Å². The number of urea groups is 1. The van der Waals surface area contributed by atoms with Crippen LogP contribution in [0.1, 0.15) is 28.8 Å². The highest BCUT2D eigenvalue weighted by Gasteiger charge is 2.10. The average Bonchev–Trinajstić information content (AvgIpc) is 3.13. The van der Waals surface area contributed by atoms with Crippen LogP contribution in [0.5, 0.6) is 0 Å². The largest absolute Gasteiger partial charge is 0.337 e. The topological polar surface area (TPSA) is 101 Å². The molecular formula is C24H26N4O3S2. The number of aryl methyl sites for hydroxylation is 1. The standard InChI is InChI=1S/C24H26N4O3S2/c1-4-18(19-8-7-10-21(16-19)33(3,30)31)11-12-22-17(2)32-24(27-22)28-23(29)26-15-13-20-9-5-6-14-25-20/h4-12,14,16H,13,15H2,1-3H3,(H2,26,27,28,29)/b12-11-,18-4+. The molecule has 0 saturated carbocycles. The molecule has 3 aromatic rings. The van der Waals surface area contributed by atoms with Gasteiger partial charge in [-0.1, -0.05) is 30.4 Å². The predicted octanol–water partition coefficient (Wildman–Crippen LogP) is 4.73. The van der Waals surface area contributed by atoms with Gasteiger partial charge >= 0.3 is 6.03 Å². The highest BCUT2D eigenvalue weighted by Crippen LogP contribution is 2.25. The molecule has 0 unspecified atom stereocenters. The minimum atomic E-state index is -3.28. The quantitative estimate of drug-likeness (QED) is 0.452. The van der Waals surface area contributed by atoms with E-state index >= 15 is 0 Å². The SMILES string of the molecule is C/C=C(\C=C/c1nc(NC(=O)NCCc2ccccn2)sc1C)c1cccc(S(C)(=O)=O)c1. The molecule has 0 spiro atoms. The second kappa shape index (κ2) is 11.0. The minimum absolute atomic E-state index is 0.276. The van der Waals surface area contributed by atoms with Gasteiger partial charge in [-0.3, -0.25) is 10.3 Å². The van der Waals surface area contributed by atoms with Crippen molar-refractivity contribution in [2.24, 2.45) is 0 Å². The van der Waals surface area contributed by atoms with Crippen LogP contribution in [-0.2, 0) is 16.3 Å². The normalized spacial score (nSPS) is 12.2. The third-order valence-electron chi connectivity index (χ3n) is 4.77. The summed E-state index contributed by atoms with van der Waals surface area (Å²) in [7, 11) is -3.28. The molecule has 7 nitrogen and oxygen atoms in total. The Morgan fingerprint density at radius 1 is 1.18 bits per heavy atom. The lowest BCUT2D eigenvalue weighted by molar-refractivity contribution is 0.252. The number of benzene rings is 1. The maximum absolute atomic E-state index is 12.2. The van der Waals surface area contributed by atoms with Crippen LogP contribution in [0, 0.1) is 6.92 Å². The summed E-state index contributed by atoms with van der Waals surface area (Å²) < 4.78 is 23.7. The molecule has 1 aromatic carbocycles. The van der Waals surface area contributed by atoms with E-state index in [4.69, 9.17) is 0 Å². The van der Waals surface area contributed by atoms with Crippen LogP contribution in [0.4, 0.5) is 9.93 Å². The van der Waals surface area contributed by atoms with Gasteiger partial charge in [0.25, 0.3) is 0 Å². The number of pyridine rings is 1. The lowest BCUT2D eigenvalue weighted by atomic mass is 10.1. The van der Waals surface area contributed by atoms with Crippen molar-refractivity contribution in [3.8, 4) is 0 Å². The lowest BCUT2D eigenvalue weighted by Crippen LogP contribution is -2.30. The van der Waals surface area contributed by atoms with Gasteiger partial charge < -0.3 is 5.32 Å². The number of nitrogens with zero attached hydrogens (tertiary/aromatic N) is 2. The second-order valence-corrected chi connectivity index (χ2v) is 10.5.